The average Bonchev–Trinajstić information content (AvgIpc) is 3.48. The van der Waals surface area contributed by atoms with E-state index >= 15 is 0 Å². The van der Waals surface area contributed by atoms with Crippen molar-refractivity contribution >= 4 is 11.9 Å². The normalized spacial score (nSPS) is 10.6. The van der Waals surface area contributed by atoms with E-state index in [1.807, 2.05) is 48.5 Å². The summed E-state index contributed by atoms with van der Waals surface area (Å²) in [6.45, 7) is 0.412. The number of ether oxygens (including phenoxy) is 2. The predicted molar refractivity (Wildman–Crippen MR) is 115 cm³/mol. The van der Waals surface area contributed by atoms with Gasteiger partial charge in [0, 0.05) is 6.54 Å². The highest BCUT2D eigenvalue weighted by atomic mass is 16.5. The van der Waals surface area contributed by atoms with Crippen molar-refractivity contribution in [3.8, 4) is 23.1 Å². The summed E-state index contributed by atoms with van der Waals surface area (Å²) in [5, 5.41) is 7.58. The lowest BCUT2D eigenvalue weighted by atomic mass is 10.1. The lowest BCUT2D eigenvalue weighted by Crippen LogP contribution is -2.18. The van der Waals surface area contributed by atoms with E-state index in [0.717, 1.165) is 11.1 Å². The zero-order valence-corrected chi connectivity index (χ0v) is 17.2. The molecule has 2 aromatic heterocycles. The zero-order chi connectivity index (χ0) is 21.6. The first-order valence-electron chi connectivity index (χ1n) is 9.71. The second kappa shape index (κ2) is 9.17. The Hall–Kier alpha value is -4.07. The summed E-state index contributed by atoms with van der Waals surface area (Å²) in [5.41, 5.74) is 1.83. The van der Waals surface area contributed by atoms with Crippen LogP contribution in [0, 0.1) is 0 Å². The minimum Gasteiger partial charge on any atom is -0.493 e. The minimum absolute atomic E-state index is 0.201. The largest absolute Gasteiger partial charge is 0.493 e. The second-order valence-electron chi connectivity index (χ2n) is 6.75. The van der Waals surface area contributed by atoms with Crippen molar-refractivity contribution in [1.82, 2.24) is 14.8 Å². The quantitative estimate of drug-likeness (QED) is 0.461. The third kappa shape index (κ3) is 4.58. The van der Waals surface area contributed by atoms with Crippen LogP contribution in [0.3, 0.4) is 0 Å². The first kappa shape index (κ1) is 20.2. The lowest BCUT2D eigenvalue weighted by molar-refractivity contribution is 0.0901. The van der Waals surface area contributed by atoms with Gasteiger partial charge in [0.25, 0.3) is 5.91 Å². The van der Waals surface area contributed by atoms with Crippen LogP contribution < -0.4 is 14.8 Å². The maximum Gasteiger partial charge on any atom is 0.254 e. The number of methoxy groups -OCH3 is 2. The fraction of sp³-hybridized carbons (Fsp3) is 0.174. The molecule has 31 heavy (non-hydrogen) atoms. The monoisotopic (exact) mass is 418 g/mol. The molecule has 0 aliphatic carbocycles. The van der Waals surface area contributed by atoms with Crippen LogP contribution in [0.15, 0.2) is 71.3 Å². The molecule has 8 nitrogen and oxygen atoms in total. The average molecular weight is 418 g/mol. The van der Waals surface area contributed by atoms with E-state index in [0.29, 0.717) is 35.6 Å². The molecule has 2 heterocycles. The van der Waals surface area contributed by atoms with E-state index in [2.05, 4.69) is 15.4 Å². The Bertz CT molecular complexity index is 1150. The first-order chi connectivity index (χ1) is 15.2. The first-order valence-corrected chi connectivity index (χ1v) is 9.71. The van der Waals surface area contributed by atoms with E-state index in [4.69, 9.17) is 13.9 Å². The molecule has 1 N–H and O–H groups in total. The molecule has 158 valence electrons. The summed E-state index contributed by atoms with van der Waals surface area (Å²) in [4.78, 5) is 17.4. The van der Waals surface area contributed by atoms with Gasteiger partial charge >= 0.3 is 0 Å². The van der Waals surface area contributed by atoms with Crippen LogP contribution in [0.25, 0.3) is 11.6 Å². The molecule has 4 rings (SSSR count). The van der Waals surface area contributed by atoms with Crippen LogP contribution in [0.5, 0.6) is 11.5 Å². The van der Waals surface area contributed by atoms with Gasteiger partial charge in [0.05, 0.1) is 26.9 Å². The number of carbonyl (C=O) groups excluding carboxylic acids is 1. The van der Waals surface area contributed by atoms with Crippen molar-refractivity contribution in [1.29, 1.82) is 0 Å². The molecule has 0 bridgehead atoms. The number of aromatic nitrogens is 3. The van der Waals surface area contributed by atoms with Crippen LogP contribution in [-0.2, 0) is 13.0 Å². The molecule has 0 aliphatic rings. The summed E-state index contributed by atoms with van der Waals surface area (Å²) >= 11 is 0. The molecule has 0 aliphatic heterocycles. The third-order valence-corrected chi connectivity index (χ3v) is 4.68. The van der Waals surface area contributed by atoms with Crippen LogP contribution >= 0.6 is 0 Å². The van der Waals surface area contributed by atoms with E-state index in [1.54, 1.807) is 32.6 Å². The van der Waals surface area contributed by atoms with Crippen LogP contribution in [0.4, 0.5) is 5.95 Å². The number of benzene rings is 2. The van der Waals surface area contributed by atoms with Crippen LogP contribution in [0.2, 0.25) is 0 Å². The van der Waals surface area contributed by atoms with Crippen molar-refractivity contribution in [2.24, 2.45) is 0 Å². The highest BCUT2D eigenvalue weighted by Gasteiger charge is 2.19. The number of carbonyl (C=O) groups is 1. The molecule has 0 unspecified atom stereocenters. The maximum atomic E-state index is 13.0. The van der Waals surface area contributed by atoms with Gasteiger partial charge in [-0.05, 0) is 35.4 Å². The Morgan fingerprint density at radius 2 is 1.81 bits per heavy atom. The lowest BCUT2D eigenvalue weighted by Gasteiger charge is -2.11. The Balaban J connectivity index is 1.59. The number of rotatable bonds is 8. The predicted octanol–water partition coefficient (Wildman–Crippen LogP) is 4.05. The Morgan fingerprint density at radius 3 is 2.52 bits per heavy atom. The van der Waals surface area contributed by atoms with Crippen molar-refractivity contribution in [3.63, 3.8) is 0 Å². The maximum absolute atomic E-state index is 13.0. The fourth-order valence-electron chi connectivity index (χ4n) is 3.13. The third-order valence-electron chi connectivity index (χ3n) is 4.68. The smallest absolute Gasteiger partial charge is 0.254 e. The summed E-state index contributed by atoms with van der Waals surface area (Å²) in [5.74, 6) is 2.22. The Labute approximate surface area is 179 Å². The molecule has 0 fully saturated rings. The number of anilines is 1. The minimum atomic E-state index is -0.202. The molecule has 0 saturated heterocycles. The van der Waals surface area contributed by atoms with Gasteiger partial charge in [0.15, 0.2) is 17.3 Å². The topological polar surface area (TPSA) is 91.4 Å². The van der Waals surface area contributed by atoms with E-state index < -0.39 is 0 Å². The highest BCUT2D eigenvalue weighted by Crippen LogP contribution is 2.28. The molecule has 8 heteroatoms. The molecule has 0 saturated carbocycles. The van der Waals surface area contributed by atoms with Gasteiger partial charge in [-0.3, -0.25) is 4.79 Å². The van der Waals surface area contributed by atoms with Gasteiger partial charge in [-0.15, -0.1) is 5.10 Å². The number of nitrogens with one attached hydrogen (secondary N) is 1. The standard InChI is InChI=1S/C23H22N4O4/c1-29-18-11-10-17(13-20(18)30-2)15-24-23-25-22(19-9-6-12-31-19)26-27(23)21(28)14-16-7-4-3-5-8-16/h3-13H,14-15H2,1-2H3,(H,24,25,26). The molecule has 4 aromatic rings. The number of hydrogen-bond donors (Lipinski definition) is 1. The molecular weight excluding hydrogens is 396 g/mol. The van der Waals surface area contributed by atoms with Crippen molar-refractivity contribution < 1.29 is 18.7 Å². The fourth-order valence-corrected chi connectivity index (χ4v) is 3.13. The van der Waals surface area contributed by atoms with Crippen molar-refractivity contribution in [2.75, 3.05) is 19.5 Å². The van der Waals surface area contributed by atoms with Crippen molar-refractivity contribution in [3.05, 3.63) is 78.1 Å². The van der Waals surface area contributed by atoms with E-state index in [9.17, 15) is 4.79 Å². The molecule has 2 aromatic carbocycles. The Morgan fingerprint density at radius 1 is 1.00 bits per heavy atom. The van der Waals surface area contributed by atoms with Gasteiger partial charge in [0.2, 0.25) is 11.8 Å². The van der Waals surface area contributed by atoms with E-state index in [1.165, 1.54) is 4.68 Å². The van der Waals surface area contributed by atoms with Gasteiger partial charge in [0.1, 0.15) is 0 Å². The molecule has 0 spiro atoms. The van der Waals surface area contributed by atoms with Gasteiger partial charge in [-0.25, -0.2) is 0 Å². The van der Waals surface area contributed by atoms with Crippen molar-refractivity contribution in [2.45, 2.75) is 13.0 Å². The zero-order valence-electron chi connectivity index (χ0n) is 17.2. The van der Waals surface area contributed by atoms with Gasteiger partial charge < -0.3 is 19.2 Å². The number of hydrogen-bond acceptors (Lipinski definition) is 7. The second-order valence-corrected chi connectivity index (χ2v) is 6.75. The highest BCUT2D eigenvalue weighted by molar-refractivity contribution is 5.83. The number of furan rings is 1. The van der Waals surface area contributed by atoms with Crippen LogP contribution in [-0.4, -0.2) is 34.9 Å². The summed E-state index contributed by atoms with van der Waals surface area (Å²) in [6.07, 6.45) is 1.74. The molecular formula is C23H22N4O4. The van der Waals surface area contributed by atoms with E-state index in [-0.39, 0.29) is 12.3 Å². The number of nitrogens with zero attached hydrogens (tertiary/aromatic N) is 3. The van der Waals surface area contributed by atoms with Gasteiger partial charge in [-0.2, -0.15) is 9.67 Å². The molecule has 0 atom stereocenters. The Kier molecular flexibility index (Phi) is 5.98. The molecule has 0 amide bonds. The summed E-state index contributed by atoms with van der Waals surface area (Å²) < 4.78 is 17.3. The van der Waals surface area contributed by atoms with Gasteiger partial charge in [-0.1, -0.05) is 36.4 Å². The summed E-state index contributed by atoms with van der Waals surface area (Å²) in [6, 6.07) is 18.6. The van der Waals surface area contributed by atoms with Crippen LogP contribution in [0.1, 0.15) is 15.9 Å². The summed E-state index contributed by atoms with van der Waals surface area (Å²) in [7, 11) is 3.18. The SMILES string of the molecule is COc1ccc(CNc2nc(-c3ccco3)nn2C(=O)Cc2ccccc2)cc1OC. The molecule has 0 radical (unpaired) electrons.